The molecule has 4 aliphatic rings. The molecule has 0 radical (unpaired) electrons. The molecule has 0 spiro atoms. The van der Waals surface area contributed by atoms with Crippen LogP contribution in [0, 0.1) is 0 Å². The third-order valence-corrected chi connectivity index (χ3v) is 8.32. The Morgan fingerprint density at radius 1 is 0.524 bits per heavy atom. The van der Waals surface area contributed by atoms with E-state index < -0.39 is 129 Å². The van der Waals surface area contributed by atoms with Crippen molar-refractivity contribution in [1.29, 1.82) is 0 Å². The molecule has 13 unspecified atom stereocenters. The van der Waals surface area contributed by atoms with Gasteiger partial charge in [-0.2, -0.15) is 0 Å². The Morgan fingerprint density at radius 2 is 1.00 bits per heavy atom. The number of ether oxygens (including phenoxy) is 6. The molecule has 3 saturated heterocycles. The van der Waals surface area contributed by atoms with Crippen molar-refractivity contribution >= 4 is 0 Å². The van der Waals surface area contributed by atoms with Gasteiger partial charge in [0.05, 0.1) is 31.4 Å². The summed E-state index contributed by atoms with van der Waals surface area (Å²) in [6.07, 6.45) is -20.5. The van der Waals surface area contributed by atoms with E-state index in [9.17, 15) is 40.9 Å². The van der Waals surface area contributed by atoms with Crippen LogP contribution < -0.4 is 28.7 Å². The molecule has 4 fully saturated rings. The zero-order chi connectivity index (χ0) is 31.0. The Bertz CT molecular complexity index is 866. The van der Waals surface area contributed by atoms with Crippen molar-refractivity contribution in [3.8, 4) is 0 Å². The maximum Gasteiger partial charge on any atom is 0.187 e. The molecule has 0 amide bonds. The van der Waals surface area contributed by atoms with Crippen molar-refractivity contribution in [1.82, 2.24) is 0 Å². The van der Waals surface area contributed by atoms with E-state index in [0.29, 0.717) is 0 Å². The van der Waals surface area contributed by atoms with Gasteiger partial charge >= 0.3 is 0 Å². The van der Waals surface area contributed by atoms with Gasteiger partial charge in [0.2, 0.25) is 0 Å². The average molecular weight is 616 g/mol. The third-order valence-electron chi connectivity index (χ3n) is 8.32. The quantitative estimate of drug-likeness (QED) is 0.114. The molecule has 3 aliphatic heterocycles. The molecule has 3 heterocycles. The maximum absolute atomic E-state index is 11.1. The van der Waals surface area contributed by atoms with Crippen molar-refractivity contribution in [3.63, 3.8) is 0 Å². The molecule has 19 nitrogen and oxygen atoms in total. The van der Waals surface area contributed by atoms with E-state index in [1.165, 1.54) is 0 Å². The molecular weight excluding hydrogens is 570 g/mol. The first kappa shape index (κ1) is 34.1. The minimum absolute atomic E-state index is 0.0642. The lowest BCUT2D eigenvalue weighted by atomic mass is 9.84. The van der Waals surface area contributed by atoms with Crippen LogP contribution >= 0.6 is 0 Å². The molecule has 0 aromatic rings. The monoisotopic (exact) mass is 615 g/mol. The van der Waals surface area contributed by atoms with E-state index in [1.807, 2.05) is 0 Å². The molecule has 0 bridgehead atoms. The number of rotatable bonds is 9. The van der Waals surface area contributed by atoms with Gasteiger partial charge < -0.3 is 97.9 Å². The minimum Gasteiger partial charge on any atom is -0.394 e. The van der Waals surface area contributed by atoms with Crippen LogP contribution in [0.1, 0.15) is 6.42 Å². The lowest BCUT2D eigenvalue weighted by Crippen LogP contribution is -2.68. The van der Waals surface area contributed by atoms with Gasteiger partial charge in [-0.15, -0.1) is 0 Å². The maximum atomic E-state index is 11.1. The molecule has 4 rings (SSSR count). The molecule has 0 aromatic carbocycles. The van der Waals surface area contributed by atoms with Crippen LogP contribution in [0.4, 0.5) is 0 Å². The number of nitrogens with two attached hydrogens (primary N) is 5. The molecule has 42 heavy (non-hydrogen) atoms. The average Bonchev–Trinajstić information content (AvgIpc) is 3.27. The minimum atomic E-state index is -1.62. The van der Waals surface area contributed by atoms with Crippen molar-refractivity contribution < 1.29 is 69.3 Å². The van der Waals surface area contributed by atoms with Crippen LogP contribution in [-0.4, -0.2) is 177 Å². The first-order valence-corrected chi connectivity index (χ1v) is 13.8. The van der Waals surface area contributed by atoms with Crippen LogP contribution in [0.25, 0.3) is 0 Å². The number of aliphatic hydroxyl groups is 8. The van der Waals surface area contributed by atoms with Gasteiger partial charge in [-0.3, -0.25) is 0 Å². The van der Waals surface area contributed by atoms with Gasteiger partial charge in [0.15, 0.2) is 18.9 Å². The molecular formula is C23H45N5O14. The number of hydrogen-bond acceptors (Lipinski definition) is 19. The number of aliphatic hydroxyl groups excluding tert-OH is 8. The summed E-state index contributed by atoms with van der Waals surface area (Å²) < 4.78 is 34.4. The summed E-state index contributed by atoms with van der Waals surface area (Å²) in [6.45, 7) is -1.49. The molecule has 0 aromatic heterocycles. The Labute approximate surface area is 240 Å². The van der Waals surface area contributed by atoms with Gasteiger partial charge in [-0.1, -0.05) is 0 Å². The number of hydrogen-bond donors (Lipinski definition) is 13. The van der Waals surface area contributed by atoms with Crippen LogP contribution in [0.2, 0.25) is 0 Å². The van der Waals surface area contributed by atoms with Gasteiger partial charge in [0.1, 0.15) is 67.1 Å². The van der Waals surface area contributed by atoms with E-state index >= 15 is 0 Å². The Kier molecular flexibility index (Phi) is 11.5. The van der Waals surface area contributed by atoms with Gasteiger partial charge in [-0.05, 0) is 6.42 Å². The topological polar surface area (TPSA) is 347 Å². The van der Waals surface area contributed by atoms with Gasteiger partial charge in [0.25, 0.3) is 0 Å². The highest BCUT2D eigenvalue weighted by atomic mass is 16.8. The normalized spacial score (nSPS) is 53.8. The van der Waals surface area contributed by atoms with E-state index in [1.54, 1.807) is 0 Å². The standard InChI is InChI=1S/C23H45N5O14/c24-2-7-13(32)15(34)10(27)21(37-7)41-19-9(4-30)39-23(17(19)36)42-20-12(31)5(25)1-6(26)18(20)40-22-11(28)16(35)14(33)8(3-29)38-22/h5-23,29-36H,1-4,24-28H2/t5-,6?,7?,8?,9-,10?,11?,12?,13-,14?,15?,16?,17?,18-,19?,20?,21?,22-,23+/m1/s1. The first-order chi connectivity index (χ1) is 19.8. The van der Waals surface area contributed by atoms with E-state index in [4.69, 9.17) is 57.1 Å². The van der Waals surface area contributed by atoms with Crippen LogP contribution in [0.15, 0.2) is 0 Å². The van der Waals surface area contributed by atoms with E-state index in [2.05, 4.69) is 0 Å². The van der Waals surface area contributed by atoms with E-state index in [0.717, 1.165) is 0 Å². The molecule has 246 valence electrons. The van der Waals surface area contributed by atoms with Crippen LogP contribution in [0.3, 0.4) is 0 Å². The smallest absolute Gasteiger partial charge is 0.187 e. The largest absolute Gasteiger partial charge is 0.394 e. The van der Waals surface area contributed by atoms with Crippen molar-refractivity contribution in [2.24, 2.45) is 28.7 Å². The highest BCUT2D eigenvalue weighted by Gasteiger charge is 2.54. The SMILES string of the molecule is NCC1OC(OC2C(O)[C@H](OC3C(O)[C@H](N)CC(N)[C@H]3O[C@H]3OC(CO)C(O)C(O)C3N)O[C@@H]2CO)C(N)C(O)[C@@H]1O. The summed E-state index contributed by atoms with van der Waals surface area (Å²) in [6, 6.07) is -4.30. The fourth-order valence-electron chi connectivity index (χ4n) is 5.70. The zero-order valence-corrected chi connectivity index (χ0v) is 22.7. The molecule has 19 atom stereocenters. The Hall–Kier alpha value is -0.760. The summed E-state index contributed by atoms with van der Waals surface area (Å²) in [4.78, 5) is 0. The molecule has 1 aliphatic carbocycles. The predicted octanol–water partition coefficient (Wildman–Crippen LogP) is -8.86. The third kappa shape index (κ3) is 6.60. The highest BCUT2D eigenvalue weighted by Crippen LogP contribution is 2.34. The van der Waals surface area contributed by atoms with Crippen molar-refractivity contribution in [2.45, 2.75) is 123 Å². The Balaban J connectivity index is 1.50. The summed E-state index contributed by atoms with van der Waals surface area (Å²) in [7, 11) is 0. The van der Waals surface area contributed by atoms with Crippen molar-refractivity contribution in [2.75, 3.05) is 19.8 Å². The first-order valence-electron chi connectivity index (χ1n) is 13.8. The van der Waals surface area contributed by atoms with Crippen molar-refractivity contribution in [3.05, 3.63) is 0 Å². The fraction of sp³-hybridized carbons (Fsp3) is 1.00. The lowest BCUT2D eigenvalue weighted by Gasteiger charge is -2.47. The highest BCUT2D eigenvalue weighted by molar-refractivity contribution is 5.02. The summed E-state index contributed by atoms with van der Waals surface area (Å²) >= 11 is 0. The second-order valence-electron chi connectivity index (χ2n) is 11.2. The second kappa shape index (κ2) is 14.1. The zero-order valence-electron chi connectivity index (χ0n) is 22.7. The van der Waals surface area contributed by atoms with Gasteiger partial charge in [-0.25, -0.2) is 0 Å². The van der Waals surface area contributed by atoms with Crippen LogP contribution in [-0.2, 0) is 28.4 Å². The lowest BCUT2D eigenvalue weighted by molar-refractivity contribution is -0.310. The fourth-order valence-corrected chi connectivity index (χ4v) is 5.70. The van der Waals surface area contributed by atoms with Crippen LogP contribution in [0.5, 0.6) is 0 Å². The van der Waals surface area contributed by atoms with Gasteiger partial charge in [0, 0.05) is 18.6 Å². The molecule has 19 heteroatoms. The molecule has 18 N–H and O–H groups in total. The summed E-state index contributed by atoms with van der Waals surface area (Å²) in [5.41, 5.74) is 29.9. The van der Waals surface area contributed by atoms with E-state index in [-0.39, 0.29) is 13.0 Å². The summed E-state index contributed by atoms with van der Waals surface area (Å²) in [5, 5.41) is 82.3. The summed E-state index contributed by atoms with van der Waals surface area (Å²) in [5.74, 6) is 0. The second-order valence-corrected chi connectivity index (χ2v) is 11.2. The Morgan fingerprint density at radius 3 is 1.55 bits per heavy atom. The predicted molar refractivity (Wildman–Crippen MR) is 136 cm³/mol. The molecule has 1 saturated carbocycles.